The van der Waals surface area contributed by atoms with E-state index in [1.807, 2.05) is 52.2 Å². The number of nitrogens with one attached hydrogen (secondary N) is 2. The predicted molar refractivity (Wildman–Crippen MR) is 112 cm³/mol. The number of hydrogen-bond acceptors (Lipinski definition) is 4. The maximum atomic E-state index is 12.7. The van der Waals surface area contributed by atoms with Gasteiger partial charge in [0.05, 0.1) is 11.8 Å². The zero-order valence-corrected chi connectivity index (χ0v) is 17.7. The number of para-hydroxylation sites is 2. The van der Waals surface area contributed by atoms with Crippen LogP contribution in [0.15, 0.2) is 24.3 Å². The van der Waals surface area contributed by atoms with E-state index in [0.29, 0.717) is 18.0 Å². The van der Waals surface area contributed by atoms with Crippen molar-refractivity contribution in [2.45, 2.75) is 52.1 Å². The molecule has 28 heavy (non-hydrogen) atoms. The smallest absolute Gasteiger partial charge is 0.227 e. The number of benzene rings is 1. The SMILES string of the molecule is CC(C)Oc1ccccc1NC(=O)C1CCC(C(=O)NCCCN(C)C)CC1. The second-order valence-electron chi connectivity index (χ2n) is 8.15. The van der Waals surface area contributed by atoms with E-state index in [1.165, 1.54) is 0 Å². The Kier molecular flexibility index (Phi) is 8.77. The molecule has 0 unspecified atom stereocenters. The maximum absolute atomic E-state index is 12.7. The molecule has 1 aromatic carbocycles. The Balaban J connectivity index is 1.78. The van der Waals surface area contributed by atoms with E-state index in [2.05, 4.69) is 15.5 Å². The van der Waals surface area contributed by atoms with E-state index in [9.17, 15) is 9.59 Å². The molecule has 0 radical (unpaired) electrons. The minimum atomic E-state index is -0.0510. The zero-order chi connectivity index (χ0) is 20.5. The average molecular weight is 390 g/mol. The Morgan fingerprint density at radius 1 is 1.07 bits per heavy atom. The minimum Gasteiger partial charge on any atom is -0.489 e. The van der Waals surface area contributed by atoms with Crippen LogP contribution < -0.4 is 15.4 Å². The van der Waals surface area contributed by atoms with Crippen molar-refractivity contribution in [3.63, 3.8) is 0 Å². The van der Waals surface area contributed by atoms with Crippen molar-refractivity contribution < 1.29 is 14.3 Å². The molecule has 6 heteroatoms. The number of amides is 2. The molecular weight excluding hydrogens is 354 g/mol. The first-order valence-corrected chi connectivity index (χ1v) is 10.4. The van der Waals surface area contributed by atoms with Gasteiger partial charge in [0, 0.05) is 18.4 Å². The van der Waals surface area contributed by atoms with Crippen LogP contribution in [0.3, 0.4) is 0 Å². The van der Waals surface area contributed by atoms with Gasteiger partial charge in [0.25, 0.3) is 0 Å². The molecule has 0 aliphatic heterocycles. The number of hydrogen-bond donors (Lipinski definition) is 2. The van der Waals surface area contributed by atoms with Gasteiger partial charge in [-0.05, 0) is 78.7 Å². The summed E-state index contributed by atoms with van der Waals surface area (Å²) in [5, 5.41) is 6.05. The van der Waals surface area contributed by atoms with Crippen LogP contribution in [0.25, 0.3) is 0 Å². The van der Waals surface area contributed by atoms with Gasteiger partial charge in [0.1, 0.15) is 5.75 Å². The van der Waals surface area contributed by atoms with Crippen molar-refractivity contribution in [3.05, 3.63) is 24.3 Å². The van der Waals surface area contributed by atoms with Crippen LogP contribution in [0.1, 0.15) is 46.0 Å². The highest BCUT2D eigenvalue weighted by atomic mass is 16.5. The van der Waals surface area contributed by atoms with Crippen molar-refractivity contribution in [1.29, 1.82) is 0 Å². The summed E-state index contributed by atoms with van der Waals surface area (Å²) in [5.74, 6) is 0.819. The second-order valence-corrected chi connectivity index (χ2v) is 8.15. The Morgan fingerprint density at radius 3 is 2.29 bits per heavy atom. The standard InChI is InChI=1S/C22H35N3O3/c1-16(2)28-20-9-6-5-8-19(20)24-22(27)18-12-10-17(11-13-18)21(26)23-14-7-15-25(3)4/h5-6,8-9,16-18H,7,10-15H2,1-4H3,(H,23,26)(H,24,27). The lowest BCUT2D eigenvalue weighted by Gasteiger charge is -2.27. The molecule has 1 aliphatic carbocycles. The van der Waals surface area contributed by atoms with Crippen LogP contribution in [-0.4, -0.2) is 50.0 Å². The van der Waals surface area contributed by atoms with Crippen molar-refractivity contribution in [2.24, 2.45) is 11.8 Å². The van der Waals surface area contributed by atoms with Crippen LogP contribution in [-0.2, 0) is 9.59 Å². The van der Waals surface area contributed by atoms with Crippen molar-refractivity contribution in [2.75, 3.05) is 32.5 Å². The van der Waals surface area contributed by atoms with Gasteiger partial charge in [-0.15, -0.1) is 0 Å². The molecule has 1 fully saturated rings. The largest absolute Gasteiger partial charge is 0.489 e. The number of carbonyl (C=O) groups is 2. The summed E-state index contributed by atoms with van der Waals surface area (Å²) >= 11 is 0. The fourth-order valence-electron chi connectivity index (χ4n) is 3.53. The minimum absolute atomic E-state index is 0.0182. The number of rotatable bonds is 9. The first-order valence-electron chi connectivity index (χ1n) is 10.4. The number of carbonyl (C=O) groups excluding carboxylic acids is 2. The Hall–Kier alpha value is -2.08. The lowest BCUT2D eigenvalue weighted by molar-refractivity contribution is -0.128. The molecule has 2 N–H and O–H groups in total. The molecule has 1 aromatic rings. The Morgan fingerprint density at radius 2 is 1.68 bits per heavy atom. The lowest BCUT2D eigenvalue weighted by Crippen LogP contribution is -2.36. The molecule has 0 bridgehead atoms. The molecule has 6 nitrogen and oxygen atoms in total. The highest BCUT2D eigenvalue weighted by Gasteiger charge is 2.30. The molecule has 1 aliphatic rings. The van der Waals surface area contributed by atoms with E-state index in [0.717, 1.165) is 38.6 Å². The topological polar surface area (TPSA) is 70.7 Å². The quantitative estimate of drug-likeness (QED) is 0.636. The summed E-state index contributed by atoms with van der Waals surface area (Å²) in [5.41, 5.74) is 0.710. The van der Waals surface area contributed by atoms with E-state index < -0.39 is 0 Å². The molecule has 0 atom stereocenters. The van der Waals surface area contributed by atoms with E-state index in [4.69, 9.17) is 4.74 Å². The molecule has 0 spiro atoms. The average Bonchev–Trinajstić information content (AvgIpc) is 2.66. The summed E-state index contributed by atoms with van der Waals surface area (Å²) in [7, 11) is 4.06. The summed E-state index contributed by atoms with van der Waals surface area (Å²) in [6.45, 7) is 5.61. The van der Waals surface area contributed by atoms with Crippen LogP contribution in [0.5, 0.6) is 5.75 Å². The van der Waals surface area contributed by atoms with Gasteiger partial charge in [0.2, 0.25) is 11.8 Å². The maximum Gasteiger partial charge on any atom is 0.227 e. The van der Waals surface area contributed by atoms with Gasteiger partial charge in [0.15, 0.2) is 0 Å². The third kappa shape index (κ3) is 7.15. The molecule has 0 saturated heterocycles. The van der Waals surface area contributed by atoms with Crippen LogP contribution in [0.4, 0.5) is 5.69 Å². The second kappa shape index (κ2) is 11.1. The lowest BCUT2D eigenvalue weighted by atomic mass is 9.81. The van der Waals surface area contributed by atoms with Crippen molar-refractivity contribution in [3.8, 4) is 5.75 Å². The third-order valence-corrected chi connectivity index (χ3v) is 5.06. The first-order chi connectivity index (χ1) is 13.4. The normalized spacial score (nSPS) is 19.5. The number of nitrogens with zero attached hydrogens (tertiary/aromatic N) is 1. The summed E-state index contributed by atoms with van der Waals surface area (Å²) in [4.78, 5) is 27.1. The highest BCUT2D eigenvalue weighted by Crippen LogP contribution is 2.31. The molecule has 2 rings (SSSR count). The third-order valence-electron chi connectivity index (χ3n) is 5.06. The molecular formula is C22H35N3O3. The Labute approximate surface area is 169 Å². The molecule has 2 amide bonds. The van der Waals surface area contributed by atoms with Gasteiger partial charge in [-0.25, -0.2) is 0 Å². The molecule has 0 aromatic heterocycles. The number of anilines is 1. The van der Waals surface area contributed by atoms with Gasteiger partial charge >= 0.3 is 0 Å². The monoisotopic (exact) mass is 389 g/mol. The molecule has 1 saturated carbocycles. The van der Waals surface area contributed by atoms with Gasteiger partial charge in [-0.3, -0.25) is 9.59 Å². The summed E-state index contributed by atoms with van der Waals surface area (Å²) in [6.07, 6.45) is 4.02. The van der Waals surface area contributed by atoms with Crippen molar-refractivity contribution >= 4 is 17.5 Å². The first kappa shape index (κ1) is 22.2. The van der Waals surface area contributed by atoms with Crippen LogP contribution in [0.2, 0.25) is 0 Å². The molecule has 0 heterocycles. The van der Waals surface area contributed by atoms with Crippen molar-refractivity contribution in [1.82, 2.24) is 10.2 Å². The molecule has 156 valence electrons. The van der Waals surface area contributed by atoms with Crippen LogP contribution in [0, 0.1) is 11.8 Å². The fraction of sp³-hybridized carbons (Fsp3) is 0.636. The van der Waals surface area contributed by atoms with Gasteiger partial charge < -0.3 is 20.3 Å². The summed E-state index contributed by atoms with van der Waals surface area (Å²) < 4.78 is 5.77. The van der Waals surface area contributed by atoms with Gasteiger partial charge in [-0.2, -0.15) is 0 Å². The van der Waals surface area contributed by atoms with E-state index >= 15 is 0 Å². The van der Waals surface area contributed by atoms with Gasteiger partial charge in [-0.1, -0.05) is 12.1 Å². The van der Waals surface area contributed by atoms with E-state index in [-0.39, 0.29) is 29.8 Å². The number of ether oxygens (including phenoxy) is 1. The highest BCUT2D eigenvalue weighted by molar-refractivity contribution is 5.94. The van der Waals surface area contributed by atoms with Crippen LogP contribution >= 0.6 is 0 Å². The Bertz CT molecular complexity index is 638. The fourth-order valence-corrected chi connectivity index (χ4v) is 3.53. The summed E-state index contributed by atoms with van der Waals surface area (Å²) in [6, 6.07) is 7.52. The van der Waals surface area contributed by atoms with E-state index in [1.54, 1.807) is 0 Å². The predicted octanol–water partition coefficient (Wildman–Crippen LogP) is 3.29. The zero-order valence-electron chi connectivity index (χ0n) is 17.7.